The number of nitrogens with one attached hydrogen (secondary N) is 1. The van der Waals surface area contributed by atoms with Gasteiger partial charge in [-0.15, -0.1) is 0 Å². The quantitative estimate of drug-likeness (QED) is 0.593. The smallest absolute Gasteiger partial charge is 0.266 e. The van der Waals surface area contributed by atoms with E-state index in [0.717, 1.165) is 11.1 Å². The summed E-state index contributed by atoms with van der Waals surface area (Å²) in [5, 5.41) is 3.43. The molecule has 0 unspecified atom stereocenters. The lowest BCUT2D eigenvalue weighted by atomic mass is 10.2. The van der Waals surface area contributed by atoms with Crippen LogP contribution in [-0.2, 0) is 9.59 Å². The van der Waals surface area contributed by atoms with Crippen LogP contribution in [0.2, 0.25) is 0 Å². The molecule has 1 heterocycles. The van der Waals surface area contributed by atoms with Crippen LogP contribution in [-0.4, -0.2) is 49.7 Å². The van der Waals surface area contributed by atoms with Crippen molar-refractivity contribution in [2.75, 3.05) is 33.1 Å². The van der Waals surface area contributed by atoms with Crippen LogP contribution in [0.25, 0.3) is 6.08 Å². The molecule has 1 aliphatic rings. The van der Waals surface area contributed by atoms with Gasteiger partial charge in [-0.1, -0.05) is 33.6 Å². The van der Waals surface area contributed by atoms with Crippen molar-refractivity contribution in [3.8, 4) is 11.5 Å². The largest absolute Gasteiger partial charge is 0.493 e. The number of thioether (sulfide) groups is 1. The van der Waals surface area contributed by atoms with E-state index < -0.39 is 0 Å². The third-order valence-corrected chi connectivity index (χ3v) is 6.30. The van der Waals surface area contributed by atoms with Gasteiger partial charge in [-0.2, -0.15) is 0 Å². The lowest BCUT2D eigenvalue weighted by molar-refractivity contribution is -0.121. The summed E-state index contributed by atoms with van der Waals surface area (Å²) in [6.07, 6.45) is 1.77. The number of halogens is 1. The SMILES string of the molecule is CN=C1S/C(=C/c2cc(OC)c(OCC(=O)Nc3ccc(C)cc3)cc2Br)C(=O)N1C. The minimum Gasteiger partial charge on any atom is -0.493 e. The number of methoxy groups -OCH3 is 1. The van der Waals surface area contributed by atoms with Gasteiger partial charge in [-0.25, -0.2) is 0 Å². The highest BCUT2D eigenvalue weighted by Gasteiger charge is 2.30. The molecule has 31 heavy (non-hydrogen) atoms. The topological polar surface area (TPSA) is 80.2 Å². The van der Waals surface area contributed by atoms with Crippen LogP contribution in [0.1, 0.15) is 11.1 Å². The Morgan fingerprint density at radius 1 is 1.26 bits per heavy atom. The number of carbonyl (C=O) groups excluding carboxylic acids is 2. The van der Waals surface area contributed by atoms with E-state index in [0.29, 0.717) is 31.7 Å². The van der Waals surface area contributed by atoms with E-state index in [1.165, 1.54) is 23.8 Å². The third-order valence-electron chi connectivity index (χ3n) is 4.46. The van der Waals surface area contributed by atoms with Gasteiger partial charge in [0.2, 0.25) is 0 Å². The van der Waals surface area contributed by atoms with Gasteiger partial charge < -0.3 is 14.8 Å². The minimum absolute atomic E-state index is 0.121. The summed E-state index contributed by atoms with van der Waals surface area (Å²) in [7, 11) is 4.85. The number of aliphatic imine (C=N–C) groups is 1. The number of rotatable bonds is 6. The molecule has 0 bridgehead atoms. The molecule has 2 amide bonds. The number of amides is 2. The lowest BCUT2D eigenvalue weighted by Crippen LogP contribution is -2.23. The van der Waals surface area contributed by atoms with Crippen molar-refractivity contribution in [2.24, 2.45) is 4.99 Å². The van der Waals surface area contributed by atoms with Crippen molar-refractivity contribution in [3.63, 3.8) is 0 Å². The number of ether oxygens (including phenoxy) is 2. The Balaban J connectivity index is 1.73. The van der Waals surface area contributed by atoms with Crippen molar-refractivity contribution in [1.29, 1.82) is 0 Å². The number of likely N-dealkylation sites (N-methyl/N-ethyl adjacent to an activating group) is 1. The summed E-state index contributed by atoms with van der Waals surface area (Å²) >= 11 is 4.81. The highest BCUT2D eigenvalue weighted by Crippen LogP contribution is 2.37. The zero-order chi connectivity index (χ0) is 22.5. The van der Waals surface area contributed by atoms with Crippen LogP contribution in [0.4, 0.5) is 5.69 Å². The number of hydrogen-bond donors (Lipinski definition) is 1. The van der Waals surface area contributed by atoms with Gasteiger partial charge in [-0.3, -0.25) is 19.5 Å². The molecule has 162 valence electrons. The van der Waals surface area contributed by atoms with Crippen molar-refractivity contribution < 1.29 is 19.1 Å². The molecular formula is C22H22BrN3O4S. The molecule has 0 spiro atoms. The van der Waals surface area contributed by atoms with Crippen molar-refractivity contribution in [3.05, 3.63) is 56.9 Å². The van der Waals surface area contributed by atoms with Crippen molar-refractivity contribution in [2.45, 2.75) is 6.92 Å². The Hall–Kier alpha value is -2.78. The number of nitrogens with zero attached hydrogens (tertiary/aromatic N) is 2. The van der Waals surface area contributed by atoms with Gasteiger partial charge in [0.25, 0.3) is 11.8 Å². The van der Waals surface area contributed by atoms with E-state index >= 15 is 0 Å². The predicted octanol–water partition coefficient (Wildman–Crippen LogP) is 4.32. The molecule has 2 aromatic rings. The first-order chi connectivity index (χ1) is 14.8. The zero-order valence-electron chi connectivity index (χ0n) is 17.6. The summed E-state index contributed by atoms with van der Waals surface area (Å²) in [4.78, 5) is 30.8. The first kappa shape index (κ1) is 22.9. The monoisotopic (exact) mass is 503 g/mol. The normalized spacial score (nSPS) is 16.2. The highest BCUT2D eigenvalue weighted by atomic mass is 79.9. The molecule has 1 saturated heterocycles. The third kappa shape index (κ3) is 5.48. The standard InChI is InChI=1S/C22H22BrN3O4S/c1-13-5-7-15(8-6-13)25-20(27)12-30-18-11-16(23)14(9-17(18)29-4)10-19-21(28)26(3)22(24-2)31-19/h5-11H,12H2,1-4H3,(H,25,27)/b19-10+,24-22?. The minimum atomic E-state index is -0.282. The summed E-state index contributed by atoms with van der Waals surface area (Å²) in [5.74, 6) is 0.459. The van der Waals surface area contributed by atoms with Gasteiger partial charge in [0.15, 0.2) is 23.3 Å². The zero-order valence-corrected chi connectivity index (χ0v) is 20.0. The van der Waals surface area contributed by atoms with Gasteiger partial charge in [0.1, 0.15) is 0 Å². The summed E-state index contributed by atoms with van der Waals surface area (Å²) < 4.78 is 11.8. The Labute approximate surface area is 193 Å². The number of benzene rings is 2. The van der Waals surface area contributed by atoms with Crippen molar-refractivity contribution in [1.82, 2.24) is 4.90 Å². The second-order valence-electron chi connectivity index (χ2n) is 6.71. The molecule has 0 radical (unpaired) electrons. The van der Waals surface area contributed by atoms with E-state index in [4.69, 9.17) is 9.47 Å². The van der Waals surface area contributed by atoms with Crippen LogP contribution in [0.15, 0.2) is 50.8 Å². The fourth-order valence-electron chi connectivity index (χ4n) is 2.80. The van der Waals surface area contributed by atoms with Crippen LogP contribution in [0.5, 0.6) is 11.5 Å². The maximum atomic E-state index is 12.4. The molecule has 1 N–H and O–H groups in total. The maximum absolute atomic E-state index is 12.4. The maximum Gasteiger partial charge on any atom is 0.266 e. The molecule has 3 rings (SSSR count). The van der Waals surface area contributed by atoms with Crippen LogP contribution in [0.3, 0.4) is 0 Å². The first-order valence-electron chi connectivity index (χ1n) is 9.33. The van der Waals surface area contributed by atoms with Gasteiger partial charge in [0, 0.05) is 24.3 Å². The molecule has 1 aliphatic heterocycles. The molecule has 9 heteroatoms. The predicted molar refractivity (Wildman–Crippen MR) is 128 cm³/mol. The Kier molecular flexibility index (Phi) is 7.40. The molecule has 0 aliphatic carbocycles. The van der Waals surface area contributed by atoms with Gasteiger partial charge in [0.05, 0.1) is 12.0 Å². The Morgan fingerprint density at radius 2 is 1.97 bits per heavy atom. The number of hydrogen-bond acceptors (Lipinski definition) is 6. The average molecular weight is 504 g/mol. The number of carbonyl (C=O) groups is 2. The second kappa shape index (κ2) is 10.0. The van der Waals surface area contributed by atoms with Crippen molar-refractivity contribution >= 4 is 56.4 Å². The summed E-state index contributed by atoms with van der Waals surface area (Å²) in [6, 6.07) is 11.0. The molecule has 2 aromatic carbocycles. The summed E-state index contributed by atoms with van der Waals surface area (Å²) in [6.45, 7) is 1.81. The van der Waals surface area contributed by atoms with E-state index in [9.17, 15) is 9.59 Å². The van der Waals surface area contributed by atoms with E-state index in [2.05, 4.69) is 26.2 Å². The Bertz CT molecular complexity index is 1070. The average Bonchev–Trinajstić information content (AvgIpc) is 3.03. The first-order valence-corrected chi connectivity index (χ1v) is 10.9. The molecule has 1 fully saturated rings. The van der Waals surface area contributed by atoms with Gasteiger partial charge >= 0.3 is 0 Å². The van der Waals surface area contributed by atoms with Gasteiger partial charge in [-0.05, 0) is 54.6 Å². The van der Waals surface area contributed by atoms with E-state index in [1.807, 2.05) is 31.2 Å². The van der Waals surface area contributed by atoms with Crippen LogP contribution in [0, 0.1) is 6.92 Å². The Morgan fingerprint density at radius 3 is 2.58 bits per heavy atom. The van der Waals surface area contributed by atoms with Crippen LogP contribution >= 0.6 is 27.7 Å². The number of anilines is 1. The number of aryl methyl sites for hydroxylation is 1. The summed E-state index contributed by atoms with van der Waals surface area (Å²) in [5.41, 5.74) is 2.56. The fourth-order valence-corrected chi connectivity index (χ4v) is 4.16. The second-order valence-corrected chi connectivity index (χ2v) is 8.57. The molecular weight excluding hydrogens is 482 g/mol. The molecule has 0 saturated carbocycles. The highest BCUT2D eigenvalue weighted by molar-refractivity contribution is 9.10. The number of amidine groups is 1. The molecule has 0 aromatic heterocycles. The fraction of sp³-hybridized carbons (Fsp3) is 0.227. The molecule has 7 nitrogen and oxygen atoms in total. The van der Waals surface area contributed by atoms with E-state index in [1.54, 1.807) is 32.3 Å². The molecule has 0 atom stereocenters. The van der Waals surface area contributed by atoms with Crippen LogP contribution < -0.4 is 14.8 Å². The van der Waals surface area contributed by atoms with E-state index in [-0.39, 0.29) is 18.4 Å². The lowest BCUT2D eigenvalue weighted by Gasteiger charge is -2.13.